The lowest BCUT2D eigenvalue weighted by Gasteiger charge is -2.14. The lowest BCUT2D eigenvalue weighted by molar-refractivity contribution is 0.177. The fourth-order valence-corrected chi connectivity index (χ4v) is 2.41. The van der Waals surface area contributed by atoms with E-state index in [1.807, 2.05) is 43.3 Å². The molecule has 18 heavy (non-hydrogen) atoms. The molecule has 0 fully saturated rings. The summed E-state index contributed by atoms with van der Waals surface area (Å²) in [5.41, 5.74) is 4.38. The normalized spacial score (nSPS) is 12.4. The maximum Gasteiger partial charge on any atom is 0.0832 e. The van der Waals surface area contributed by atoms with Gasteiger partial charge in [0.2, 0.25) is 0 Å². The van der Waals surface area contributed by atoms with Gasteiger partial charge in [0.15, 0.2) is 0 Å². The number of benzene rings is 2. The van der Waals surface area contributed by atoms with E-state index in [1.165, 1.54) is 5.56 Å². The molecule has 0 saturated heterocycles. The van der Waals surface area contributed by atoms with E-state index >= 15 is 0 Å². The molecule has 0 amide bonds. The molecule has 2 aromatic rings. The van der Waals surface area contributed by atoms with Crippen LogP contribution in [0, 0.1) is 13.8 Å². The van der Waals surface area contributed by atoms with E-state index < -0.39 is 6.10 Å². The largest absolute Gasteiger partial charge is 0.388 e. The summed E-state index contributed by atoms with van der Waals surface area (Å²) < 4.78 is 0. The van der Waals surface area contributed by atoms with Crippen LogP contribution in [-0.4, -0.2) is 5.11 Å². The minimum Gasteiger partial charge on any atom is -0.388 e. The Morgan fingerprint density at radius 1 is 1.11 bits per heavy atom. The third-order valence-electron chi connectivity index (χ3n) is 3.10. The molecule has 2 aromatic carbocycles. The van der Waals surface area contributed by atoms with Crippen molar-refractivity contribution in [3.05, 3.63) is 69.7 Å². The fourth-order valence-electron chi connectivity index (χ4n) is 2.20. The van der Waals surface area contributed by atoms with Crippen molar-refractivity contribution in [2.75, 3.05) is 0 Å². The van der Waals surface area contributed by atoms with E-state index in [-0.39, 0.29) is 0 Å². The third kappa shape index (κ3) is 3.12. The highest BCUT2D eigenvalue weighted by Crippen LogP contribution is 2.23. The smallest absolute Gasteiger partial charge is 0.0832 e. The van der Waals surface area contributed by atoms with Crippen LogP contribution < -0.4 is 0 Å². The molecule has 1 nitrogen and oxygen atoms in total. The Balaban J connectivity index is 2.19. The molecular formula is C16H17ClO. The molecular weight excluding hydrogens is 244 g/mol. The number of aryl methyl sites for hydroxylation is 2. The highest BCUT2D eigenvalue weighted by atomic mass is 35.5. The Bertz CT molecular complexity index is 549. The van der Waals surface area contributed by atoms with E-state index in [1.54, 1.807) is 0 Å². The molecule has 0 saturated carbocycles. The quantitative estimate of drug-likeness (QED) is 0.876. The minimum atomic E-state index is -0.482. The summed E-state index contributed by atoms with van der Waals surface area (Å²) >= 11 is 5.94. The molecule has 0 aliphatic rings. The summed E-state index contributed by atoms with van der Waals surface area (Å²) in [6, 6.07) is 13.8. The first-order valence-corrected chi connectivity index (χ1v) is 6.44. The van der Waals surface area contributed by atoms with Gasteiger partial charge in [-0.25, -0.2) is 0 Å². The number of aliphatic hydroxyl groups is 1. The first kappa shape index (κ1) is 13.1. The summed E-state index contributed by atoms with van der Waals surface area (Å²) in [7, 11) is 0. The third-order valence-corrected chi connectivity index (χ3v) is 3.34. The zero-order valence-electron chi connectivity index (χ0n) is 10.7. The number of halogens is 1. The van der Waals surface area contributed by atoms with Gasteiger partial charge >= 0.3 is 0 Å². The predicted molar refractivity (Wildman–Crippen MR) is 76.0 cm³/mol. The number of rotatable bonds is 3. The van der Waals surface area contributed by atoms with E-state index in [2.05, 4.69) is 13.0 Å². The van der Waals surface area contributed by atoms with Gasteiger partial charge in [0, 0.05) is 11.4 Å². The standard InChI is InChI=1S/C16H17ClO/c1-11-6-7-15(12(2)8-11)16(18)10-13-4-3-5-14(17)9-13/h3-9,16,18H,10H2,1-2H3. The molecule has 2 rings (SSSR count). The van der Waals surface area contributed by atoms with Crippen LogP contribution in [0.1, 0.15) is 28.4 Å². The van der Waals surface area contributed by atoms with Gasteiger partial charge in [-0.2, -0.15) is 0 Å². The summed E-state index contributed by atoms with van der Waals surface area (Å²) in [4.78, 5) is 0. The Morgan fingerprint density at radius 2 is 1.89 bits per heavy atom. The van der Waals surface area contributed by atoms with Gasteiger partial charge in [-0.05, 0) is 42.7 Å². The maximum absolute atomic E-state index is 10.3. The van der Waals surface area contributed by atoms with Crippen LogP contribution in [0.2, 0.25) is 5.02 Å². The highest BCUT2D eigenvalue weighted by molar-refractivity contribution is 6.30. The highest BCUT2D eigenvalue weighted by Gasteiger charge is 2.11. The number of hydrogen-bond acceptors (Lipinski definition) is 1. The van der Waals surface area contributed by atoms with E-state index in [4.69, 9.17) is 11.6 Å². The zero-order chi connectivity index (χ0) is 13.1. The first-order chi connectivity index (χ1) is 8.56. The predicted octanol–water partition coefficient (Wildman–Crippen LogP) is 4.23. The van der Waals surface area contributed by atoms with Gasteiger partial charge in [0.25, 0.3) is 0 Å². The molecule has 0 spiro atoms. The van der Waals surface area contributed by atoms with Crippen LogP contribution in [0.5, 0.6) is 0 Å². The molecule has 0 heterocycles. The topological polar surface area (TPSA) is 20.2 Å². The summed E-state index contributed by atoms with van der Waals surface area (Å²) in [5, 5.41) is 11.0. The molecule has 0 bridgehead atoms. The Labute approximate surface area is 113 Å². The van der Waals surface area contributed by atoms with E-state index in [9.17, 15) is 5.11 Å². The van der Waals surface area contributed by atoms with Gasteiger partial charge < -0.3 is 5.11 Å². The average molecular weight is 261 g/mol. The average Bonchev–Trinajstić information content (AvgIpc) is 2.28. The molecule has 1 unspecified atom stereocenters. The second-order valence-corrected chi connectivity index (χ2v) is 5.15. The van der Waals surface area contributed by atoms with Crippen LogP contribution >= 0.6 is 11.6 Å². The molecule has 0 aliphatic carbocycles. The van der Waals surface area contributed by atoms with Gasteiger partial charge in [-0.3, -0.25) is 0 Å². The van der Waals surface area contributed by atoms with Crippen molar-refractivity contribution in [1.29, 1.82) is 0 Å². The second-order valence-electron chi connectivity index (χ2n) is 4.71. The van der Waals surface area contributed by atoms with Gasteiger partial charge in [-0.1, -0.05) is 47.5 Å². The molecule has 0 radical (unpaired) electrons. The van der Waals surface area contributed by atoms with Crippen molar-refractivity contribution >= 4 is 11.6 Å². The molecule has 1 N–H and O–H groups in total. The molecule has 0 aliphatic heterocycles. The minimum absolute atomic E-state index is 0.482. The van der Waals surface area contributed by atoms with Crippen LogP contribution in [0.15, 0.2) is 42.5 Å². The van der Waals surface area contributed by atoms with Crippen LogP contribution in [-0.2, 0) is 6.42 Å². The Kier molecular flexibility index (Phi) is 4.05. The van der Waals surface area contributed by atoms with Crippen molar-refractivity contribution in [1.82, 2.24) is 0 Å². The van der Waals surface area contributed by atoms with Crippen molar-refractivity contribution in [3.8, 4) is 0 Å². The zero-order valence-corrected chi connectivity index (χ0v) is 11.4. The van der Waals surface area contributed by atoms with Gasteiger partial charge in [0.1, 0.15) is 0 Å². The second kappa shape index (κ2) is 5.55. The lowest BCUT2D eigenvalue weighted by Crippen LogP contribution is -2.04. The first-order valence-electron chi connectivity index (χ1n) is 6.06. The Hall–Kier alpha value is -1.31. The van der Waals surface area contributed by atoms with E-state index in [0.29, 0.717) is 11.4 Å². The van der Waals surface area contributed by atoms with E-state index in [0.717, 1.165) is 16.7 Å². The van der Waals surface area contributed by atoms with Crippen molar-refractivity contribution in [2.24, 2.45) is 0 Å². The summed E-state index contributed by atoms with van der Waals surface area (Å²) in [6.45, 7) is 4.09. The Morgan fingerprint density at radius 3 is 2.56 bits per heavy atom. The summed E-state index contributed by atoms with van der Waals surface area (Å²) in [6.07, 6.45) is 0.105. The number of hydrogen-bond donors (Lipinski definition) is 1. The molecule has 94 valence electrons. The maximum atomic E-state index is 10.3. The van der Waals surface area contributed by atoms with Crippen molar-refractivity contribution in [2.45, 2.75) is 26.4 Å². The molecule has 2 heteroatoms. The van der Waals surface area contributed by atoms with Crippen molar-refractivity contribution < 1.29 is 5.11 Å². The van der Waals surface area contributed by atoms with Crippen LogP contribution in [0.3, 0.4) is 0 Å². The van der Waals surface area contributed by atoms with Gasteiger partial charge in [-0.15, -0.1) is 0 Å². The lowest BCUT2D eigenvalue weighted by atomic mass is 9.96. The molecule has 1 atom stereocenters. The monoisotopic (exact) mass is 260 g/mol. The van der Waals surface area contributed by atoms with Gasteiger partial charge in [0.05, 0.1) is 6.10 Å². The summed E-state index contributed by atoms with van der Waals surface area (Å²) in [5.74, 6) is 0. The SMILES string of the molecule is Cc1ccc(C(O)Cc2cccc(Cl)c2)c(C)c1. The fraction of sp³-hybridized carbons (Fsp3) is 0.250. The van der Waals surface area contributed by atoms with Crippen LogP contribution in [0.4, 0.5) is 0 Å². The number of aliphatic hydroxyl groups excluding tert-OH is 1. The van der Waals surface area contributed by atoms with Crippen LogP contribution in [0.25, 0.3) is 0 Å². The molecule has 0 aromatic heterocycles. The van der Waals surface area contributed by atoms with Crippen molar-refractivity contribution in [3.63, 3.8) is 0 Å².